The van der Waals surface area contributed by atoms with Crippen LogP contribution in [0.4, 0.5) is 0 Å². The molecule has 0 aliphatic heterocycles. The fraction of sp³-hybridized carbons (Fsp3) is 0.375. The Hall–Kier alpha value is 0.114. The largest absolute Gasteiger partial charge is 1.00 e. The van der Waals surface area contributed by atoms with Crippen LogP contribution in [0.5, 0.6) is 0 Å². The van der Waals surface area contributed by atoms with Crippen molar-refractivity contribution in [2.75, 3.05) is 13.1 Å². The molecule has 0 heterocycles. The molecule has 0 spiro atoms. The zero-order valence-corrected chi connectivity index (χ0v) is 16.0. The summed E-state index contributed by atoms with van der Waals surface area (Å²) < 4.78 is 2.26. The van der Waals surface area contributed by atoms with E-state index in [0.717, 1.165) is 13.1 Å². The first-order chi connectivity index (χ1) is 8.85. The Morgan fingerprint density at radius 1 is 1.05 bits per heavy atom. The average Bonchev–Trinajstić information content (AvgIpc) is 2.93. The van der Waals surface area contributed by atoms with Crippen molar-refractivity contribution in [3.63, 3.8) is 0 Å². The van der Waals surface area contributed by atoms with E-state index in [2.05, 4.69) is 67.3 Å². The van der Waals surface area contributed by atoms with Crippen LogP contribution in [-0.4, -0.2) is 18.0 Å². The Bertz CT molecular complexity index is 430. The van der Waals surface area contributed by atoms with Crippen LogP contribution in [0.1, 0.15) is 30.6 Å². The minimum Gasteiger partial charge on any atom is -1.00 e. The molecule has 21 heavy (non-hydrogen) atoms. The summed E-state index contributed by atoms with van der Waals surface area (Å²) in [6.07, 6.45) is 7.97. The summed E-state index contributed by atoms with van der Waals surface area (Å²) in [6.45, 7) is 6.79. The normalized spacial score (nSPS) is 13.4. The molecule has 1 aromatic rings. The summed E-state index contributed by atoms with van der Waals surface area (Å²) >= 11 is 0.211. The van der Waals surface area contributed by atoms with Crippen molar-refractivity contribution in [3.05, 3.63) is 58.4 Å². The Labute approximate surface area is 154 Å². The molecule has 1 aliphatic rings. The van der Waals surface area contributed by atoms with E-state index < -0.39 is 0 Å². The van der Waals surface area contributed by atoms with Gasteiger partial charge in [-0.05, 0) is 0 Å². The molecule has 0 N–H and O–H groups in total. The monoisotopic (exact) mass is 383 g/mol. The zero-order valence-electron chi connectivity index (χ0n) is 12.3. The Kier molecular flexibility index (Phi) is 14.1. The van der Waals surface area contributed by atoms with Crippen LogP contribution in [0.25, 0.3) is 0 Å². The van der Waals surface area contributed by atoms with Crippen LogP contribution in [0.2, 0.25) is 0 Å². The standard InChI is InChI=1S/C11H16N.C5H5.3ClH.V/c1-3-12(4-2)10-11-8-6-5-7-9-11;1-2-4-5-3-1;;;;/h5-10H,3-4H2,1-2H3;1-3H,4H2;3*1H;/q;;;;;+3/p-3. The molecule has 0 saturated heterocycles. The maximum Gasteiger partial charge on any atom is -1.00 e. The van der Waals surface area contributed by atoms with Crippen molar-refractivity contribution < 1.29 is 53.5 Å². The van der Waals surface area contributed by atoms with E-state index in [-0.39, 0.29) is 53.5 Å². The second-order valence-corrected chi connectivity index (χ2v) is 6.49. The minimum atomic E-state index is 0. The third-order valence-corrected chi connectivity index (χ3v) is 5.69. The quantitative estimate of drug-likeness (QED) is 0.475. The third-order valence-electron chi connectivity index (χ3n) is 3.30. The molecular weight excluding hydrogens is 363 g/mol. The number of hydrogen-bond donors (Lipinski definition) is 0. The molecule has 0 amide bonds. The fourth-order valence-electron chi connectivity index (χ4n) is 2.25. The van der Waals surface area contributed by atoms with Gasteiger partial charge in [-0.2, -0.15) is 0 Å². The Balaban J connectivity index is 0. The fourth-order valence-corrected chi connectivity index (χ4v) is 4.61. The van der Waals surface area contributed by atoms with E-state index in [9.17, 15) is 0 Å². The van der Waals surface area contributed by atoms with Crippen molar-refractivity contribution >= 4 is 0 Å². The van der Waals surface area contributed by atoms with Gasteiger partial charge < -0.3 is 37.2 Å². The molecule has 1 nitrogen and oxygen atoms in total. The van der Waals surface area contributed by atoms with Crippen LogP contribution in [0.15, 0.2) is 52.8 Å². The van der Waals surface area contributed by atoms with Gasteiger partial charge in [0, 0.05) is 0 Å². The second-order valence-electron chi connectivity index (χ2n) is 4.42. The third kappa shape index (κ3) is 6.82. The molecule has 1 atom stereocenters. The first-order valence-corrected chi connectivity index (χ1v) is 8.21. The number of allylic oxidation sites excluding steroid dienone is 4. The molecule has 1 aliphatic carbocycles. The van der Waals surface area contributed by atoms with E-state index in [4.69, 9.17) is 0 Å². The van der Waals surface area contributed by atoms with Crippen molar-refractivity contribution in [1.82, 2.24) is 4.90 Å². The Morgan fingerprint density at radius 3 is 2.14 bits per heavy atom. The predicted molar refractivity (Wildman–Crippen MR) is 73.9 cm³/mol. The van der Waals surface area contributed by atoms with Crippen molar-refractivity contribution in [3.8, 4) is 0 Å². The Morgan fingerprint density at radius 2 is 1.67 bits per heavy atom. The van der Waals surface area contributed by atoms with Crippen molar-refractivity contribution in [1.29, 1.82) is 0 Å². The minimum absolute atomic E-state index is 0. The first-order valence-electron chi connectivity index (χ1n) is 6.70. The average molecular weight is 385 g/mol. The van der Waals surface area contributed by atoms with E-state index in [0.29, 0.717) is 4.75 Å². The number of rotatable bonds is 6. The molecule has 0 bridgehead atoms. The summed E-state index contributed by atoms with van der Waals surface area (Å²) in [6, 6.07) is 11.0. The van der Waals surface area contributed by atoms with Crippen molar-refractivity contribution in [2.24, 2.45) is 0 Å². The summed E-state index contributed by atoms with van der Waals surface area (Å²) in [5.74, 6) is 0. The van der Waals surface area contributed by atoms with Gasteiger partial charge in [-0.25, -0.2) is 0 Å². The van der Waals surface area contributed by atoms with Gasteiger partial charge in [-0.3, -0.25) is 0 Å². The number of halogens is 3. The summed E-state index contributed by atoms with van der Waals surface area (Å²) in [7, 11) is 0. The van der Waals surface area contributed by atoms with Gasteiger partial charge in [-0.15, -0.1) is 0 Å². The maximum atomic E-state index is 2.59. The van der Waals surface area contributed by atoms with Crippen LogP contribution in [0.3, 0.4) is 0 Å². The molecule has 116 valence electrons. The van der Waals surface area contributed by atoms with Gasteiger partial charge in [0.2, 0.25) is 0 Å². The van der Waals surface area contributed by atoms with Crippen LogP contribution in [-0.2, 0) is 16.3 Å². The van der Waals surface area contributed by atoms with E-state index >= 15 is 0 Å². The van der Waals surface area contributed by atoms with Gasteiger partial charge in [0.1, 0.15) is 0 Å². The number of benzene rings is 1. The van der Waals surface area contributed by atoms with Gasteiger partial charge >= 0.3 is 118 Å². The molecule has 1 aromatic carbocycles. The van der Waals surface area contributed by atoms with Crippen LogP contribution in [0, 0.1) is 0 Å². The number of nitrogens with zero attached hydrogens (tertiary/aromatic N) is 1. The molecule has 1 unspecified atom stereocenters. The predicted octanol–water partition coefficient (Wildman–Crippen LogP) is -5.03. The van der Waals surface area contributed by atoms with E-state index in [1.54, 1.807) is 4.28 Å². The van der Waals surface area contributed by atoms with Gasteiger partial charge in [0.15, 0.2) is 0 Å². The summed E-state index contributed by atoms with van der Waals surface area (Å²) in [5, 5.41) is 0. The van der Waals surface area contributed by atoms with Gasteiger partial charge in [0.05, 0.1) is 0 Å². The second kappa shape index (κ2) is 12.6. The molecule has 2 rings (SSSR count). The molecule has 0 radical (unpaired) electrons. The van der Waals surface area contributed by atoms with E-state index in [1.807, 2.05) is 0 Å². The molecule has 0 saturated carbocycles. The maximum absolute atomic E-state index is 2.59. The van der Waals surface area contributed by atoms with Crippen LogP contribution < -0.4 is 37.2 Å². The molecule has 0 fully saturated rings. The van der Waals surface area contributed by atoms with Gasteiger partial charge in [0.25, 0.3) is 0 Å². The summed E-state index contributed by atoms with van der Waals surface area (Å²) in [4.78, 5) is 2.59. The van der Waals surface area contributed by atoms with Crippen molar-refractivity contribution in [2.45, 2.75) is 25.0 Å². The molecule has 0 aromatic heterocycles. The first kappa shape index (κ1) is 23.4. The van der Waals surface area contributed by atoms with Gasteiger partial charge in [-0.1, -0.05) is 0 Å². The molecular formula is C16H21Cl3NV. The zero-order chi connectivity index (χ0) is 12.8. The molecule has 5 heteroatoms. The van der Waals surface area contributed by atoms with Crippen LogP contribution >= 0.6 is 0 Å². The smallest absolute Gasteiger partial charge is 1.00 e. The number of hydrogen-bond acceptors (Lipinski definition) is 1. The topological polar surface area (TPSA) is 3.24 Å². The summed E-state index contributed by atoms with van der Waals surface area (Å²) in [5.41, 5.74) is 1.48. The SMILES string of the molecule is CCN(CC)[CH]([V+3][C]1=CC=CC1)c1ccccc1.[Cl-].[Cl-].[Cl-]. The van der Waals surface area contributed by atoms with E-state index in [1.165, 1.54) is 12.0 Å².